The molecule has 0 aliphatic rings. The SMILES string of the molecule is C=C(C)NCCCC(C)C.C=Cc1ccccc1/C=C(\C)C(C)=O.O=CNCc1ccccc1. The van der Waals surface area contributed by atoms with E-state index in [4.69, 9.17) is 0 Å². The van der Waals surface area contributed by atoms with Crippen LogP contribution in [0.1, 0.15) is 64.2 Å². The average molecular weight is 463 g/mol. The van der Waals surface area contributed by atoms with Crippen LogP contribution in [0.2, 0.25) is 0 Å². The fraction of sp³-hybridized carbons (Fsp3) is 0.333. The van der Waals surface area contributed by atoms with Crippen molar-refractivity contribution < 1.29 is 9.59 Å². The number of nitrogens with one attached hydrogen (secondary N) is 2. The van der Waals surface area contributed by atoms with Crippen molar-refractivity contribution >= 4 is 24.3 Å². The molecule has 0 bridgehead atoms. The van der Waals surface area contributed by atoms with Crippen LogP contribution in [0.5, 0.6) is 0 Å². The van der Waals surface area contributed by atoms with Crippen molar-refractivity contribution in [3.63, 3.8) is 0 Å². The van der Waals surface area contributed by atoms with Crippen molar-refractivity contribution in [3.8, 4) is 0 Å². The summed E-state index contributed by atoms with van der Waals surface area (Å²) in [5, 5.41) is 5.79. The van der Waals surface area contributed by atoms with Gasteiger partial charge in [-0.2, -0.15) is 0 Å². The Balaban J connectivity index is 0.000000492. The molecular formula is C30H42N2O2. The maximum absolute atomic E-state index is 11.1. The van der Waals surface area contributed by atoms with Crippen molar-refractivity contribution in [2.45, 2.75) is 54.0 Å². The Bertz CT molecular complexity index is 899. The molecule has 4 nitrogen and oxygen atoms in total. The Morgan fingerprint density at radius 3 is 2.06 bits per heavy atom. The van der Waals surface area contributed by atoms with Crippen LogP contribution in [0.3, 0.4) is 0 Å². The van der Waals surface area contributed by atoms with Crippen LogP contribution in [-0.4, -0.2) is 18.7 Å². The molecule has 4 heteroatoms. The molecule has 0 unspecified atom stereocenters. The van der Waals surface area contributed by atoms with E-state index in [2.05, 4.69) is 37.6 Å². The van der Waals surface area contributed by atoms with Crippen molar-refractivity contribution in [1.82, 2.24) is 10.6 Å². The maximum Gasteiger partial charge on any atom is 0.207 e. The molecule has 0 aromatic heterocycles. The molecule has 2 aromatic carbocycles. The van der Waals surface area contributed by atoms with E-state index in [0.29, 0.717) is 13.0 Å². The van der Waals surface area contributed by atoms with Gasteiger partial charge in [0.25, 0.3) is 0 Å². The summed E-state index contributed by atoms with van der Waals surface area (Å²) < 4.78 is 0. The van der Waals surface area contributed by atoms with Crippen molar-refractivity contribution in [3.05, 3.63) is 95.7 Å². The van der Waals surface area contributed by atoms with Crippen LogP contribution in [0.4, 0.5) is 0 Å². The smallest absolute Gasteiger partial charge is 0.207 e. The lowest BCUT2D eigenvalue weighted by molar-refractivity contribution is -0.113. The summed E-state index contributed by atoms with van der Waals surface area (Å²) in [5.74, 6) is 0.927. The standard InChI is InChI=1S/C13H14O.C9H19N.C8H9NO/c1-4-12-7-5-6-8-13(12)9-10(2)11(3)14;1-8(2)6-5-7-10-9(3)4;10-7-9-6-8-4-2-1-3-5-8/h4-9H,1H2,2-3H3;8,10H,3,5-7H2,1-2,4H3;1-5,7H,6H2,(H,9,10)/b10-9+;;. The minimum absolute atomic E-state index is 0.101. The second-order valence-corrected chi connectivity index (χ2v) is 8.44. The van der Waals surface area contributed by atoms with E-state index in [1.807, 2.05) is 74.5 Å². The molecule has 0 heterocycles. The molecule has 2 rings (SSSR count). The largest absolute Gasteiger partial charge is 0.389 e. The molecule has 0 atom stereocenters. The van der Waals surface area contributed by atoms with E-state index in [0.717, 1.165) is 40.4 Å². The summed E-state index contributed by atoms with van der Waals surface area (Å²) in [6, 6.07) is 17.6. The number of benzene rings is 2. The van der Waals surface area contributed by atoms with Gasteiger partial charge in [-0.25, -0.2) is 0 Å². The molecule has 1 amide bonds. The topological polar surface area (TPSA) is 58.2 Å². The van der Waals surface area contributed by atoms with Crippen molar-refractivity contribution in [1.29, 1.82) is 0 Å². The summed E-state index contributed by atoms with van der Waals surface area (Å²) in [6.07, 6.45) is 6.94. The third-order valence-corrected chi connectivity index (χ3v) is 4.76. The third-order valence-electron chi connectivity index (χ3n) is 4.76. The van der Waals surface area contributed by atoms with Gasteiger partial charge in [0.2, 0.25) is 6.41 Å². The Hall–Kier alpha value is -3.40. The van der Waals surface area contributed by atoms with Gasteiger partial charge in [-0.3, -0.25) is 9.59 Å². The lowest BCUT2D eigenvalue weighted by Crippen LogP contribution is -2.11. The first-order valence-electron chi connectivity index (χ1n) is 11.7. The van der Waals surface area contributed by atoms with Crippen molar-refractivity contribution in [2.75, 3.05) is 6.54 Å². The zero-order valence-corrected chi connectivity index (χ0v) is 21.6. The molecule has 2 aromatic rings. The number of Topliss-reactive ketones (excluding diaryl/α,β-unsaturated/α-hetero) is 1. The Morgan fingerprint density at radius 1 is 0.971 bits per heavy atom. The van der Waals surface area contributed by atoms with Crippen LogP contribution in [-0.2, 0) is 16.1 Å². The van der Waals surface area contributed by atoms with Crippen LogP contribution >= 0.6 is 0 Å². The average Bonchev–Trinajstić information content (AvgIpc) is 2.82. The minimum atomic E-state index is 0.101. The summed E-state index contributed by atoms with van der Waals surface area (Å²) in [6.45, 7) is 19.1. The van der Waals surface area contributed by atoms with E-state index < -0.39 is 0 Å². The highest BCUT2D eigenvalue weighted by Gasteiger charge is 1.99. The van der Waals surface area contributed by atoms with E-state index in [9.17, 15) is 9.59 Å². The molecule has 34 heavy (non-hydrogen) atoms. The highest BCUT2D eigenvalue weighted by atomic mass is 16.1. The Kier molecular flexibility index (Phi) is 17.2. The van der Waals surface area contributed by atoms with Crippen LogP contribution < -0.4 is 10.6 Å². The van der Waals surface area contributed by atoms with Gasteiger partial charge in [-0.15, -0.1) is 0 Å². The molecule has 0 saturated carbocycles. The molecule has 0 radical (unpaired) electrons. The first-order valence-corrected chi connectivity index (χ1v) is 11.7. The fourth-order valence-corrected chi connectivity index (χ4v) is 2.73. The monoisotopic (exact) mass is 462 g/mol. The number of ketones is 1. The predicted octanol–water partition coefficient (Wildman–Crippen LogP) is 6.80. The van der Waals surface area contributed by atoms with Gasteiger partial charge in [0.05, 0.1) is 0 Å². The summed E-state index contributed by atoms with van der Waals surface area (Å²) >= 11 is 0. The number of hydrogen-bond acceptors (Lipinski definition) is 3. The number of carbonyl (C=O) groups is 2. The molecule has 184 valence electrons. The van der Waals surface area contributed by atoms with Crippen LogP contribution in [0.25, 0.3) is 12.2 Å². The molecule has 0 saturated heterocycles. The van der Waals surface area contributed by atoms with E-state index in [-0.39, 0.29) is 5.78 Å². The normalized spacial score (nSPS) is 10.1. The highest BCUT2D eigenvalue weighted by molar-refractivity contribution is 5.97. The molecule has 0 fully saturated rings. The van der Waals surface area contributed by atoms with Gasteiger partial charge in [0.1, 0.15) is 0 Å². The van der Waals surface area contributed by atoms with Gasteiger partial charge >= 0.3 is 0 Å². The van der Waals surface area contributed by atoms with Crippen LogP contribution in [0, 0.1) is 5.92 Å². The fourth-order valence-electron chi connectivity index (χ4n) is 2.73. The zero-order valence-electron chi connectivity index (χ0n) is 21.6. The highest BCUT2D eigenvalue weighted by Crippen LogP contribution is 2.14. The molecule has 0 aliphatic heterocycles. The van der Waals surface area contributed by atoms with Gasteiger partial charge in [0, 0.05) is 18.8 Å². The second-order valence-electron chi connectivity index (χ2n) is 8.44. The molecule has 0 spiro atoms. The number of rotatable bonds is 11. The minimum Gasteiger partial charge on any atom is -0.389 e. The molecule has 0 aliphatic carbocycles. The second kappa shape index (κ2) is 19.1. The predicted molar refractivity (Wildman–Crippen MR) is 147 cm³/mol. The number of carbonyl (C=O) groups excluding carboxylic acids is 2. The summed E-state index contributed by atoms with van der Waals surface area (Å²) in [4.78, 5) is 20.9. The quantitative estimate of drug-likeness (QED) is 0.219. The van der Waals surface area contributed by atoms with E-state index >= 15 is 0 Å². The lowest BCUT2D eigenvalue weighted by Gasteiger charge is -2.06. The number of hydrogen-bond donors (Lipinski definition) is 2. The Labute approximate surface area is 206 Å². The number of amides is 1. The lowest BCUT2D eigenvalue weighted by atomic mass is 10.0. The van der Waals surface area contributed by atoms with Gasteiger partial charge < -0.3 is 10.6 Å². The van der Waals surface area contributed by atoms with Gasteiger partial charge in [-0.1, -0.05) is 87.7 Å². The van der Waals surface area contributed by atoms with Gasteiger partial charge in [-0.05, 0) is 67.9 Å². The van der Waals surface area contributed by atoms with E-state index in [1.54, 1.807) is 13.0 Å². The molecule has 2 N–H and O–H groups in total. The van der Waals surface area contributed by atoms with E-state index in [1.165, 1.54) is 12.8 Å². The van der Waals surface area contributed by atoms with Crippen LogP contribution in [0.15, 0.2) is 79.0 Å². The first-order chi connectivity index (χ1) is 16.2. The Morgan fingerprint density at radius 2 is 1.56 bits per heavy atom. The molecular weight excluding hydrogens is 420 g/mol. The number of allylic oxidation sites excluding steroid dienone is 2. The van der Waals surface area contributed by atoms with Crippen molar-refractivity contribution in [2.24, 2.45) is 5.92 Å². The summed E-state index contributed by atoms with van der Waals surface area (Å²) in [5.41, 5.74) is 5.04. The van der Waals surface area contributed by atoms with Gasteiger partial charge in [0.15, 0.2) is 5.78 Å². The first kappa shape index (κ1) is 30.6. The third kappa shape index (κ3) is 16.3. The summed E-state index contributed by atoms with van der Waals surface area (Å²) in [7, 11) is 0. The zero-order chi connectivity index (χ0) is 25.8. The maximum atomic E-state index is 11.1.